The average Bonchev–Trinajstić information content (AvgIpc) is 2.86. The Balaban J connectivity index is 2.50. The fourth-order valence-corrected chi connectivity index (χ4v) is 2.13. The zero-order valence-electron chi connectivity index (χ0n) is 11.3. The van der Waals surface area contributed by atoms with Crippen molar-refractivity contribution in [2.75, 3.05) is 6.54 Å². The summed E-state index contributed by atoms with van der Waals surface area (Å²) >= 11 is 0. The van der Waals surface area contributed by atoms with Crippen molar-refractivity contribution in [1.82, 2.24) is 5.32 Å². The van der Waals surface area contributed by atoms with Crippen molar-refractivity contribution in [3.05, 3.63) is 0 Å². The van der Waals surface area contributed by atoms with Gasteiger partial charge in [-0.25, -0.2) is 0 Å². The van der Waals surface area contributed by atoms with E-state index in [1.165, 1.54) is 6.92 Å². The third-order valence-electron chi connectivity index (χ3n) is 3.33. The Bertz CT molecular complexity index is 251. The Labute approximate surface area is 109 Å². The van der Waals surface area contributed by atoms with Crippen LogP contribution in [-0.4, -0.2) is 47.1 Å². The van der Waals surface area contributed by atoms with Crippen molar-refractivity contribution in [3.8, 4) is 0 Å². The summed E-state index contributed by atoms with van der Waals surface area (Å²) < 4.78 is 5.35. The highest BCUT2D eigenvalue weighted by atomic mass is 16.6. The van der Waals surface area contributed by atoms with E-state index in [-0.39, 0.29) is 12.0 Å². The number of carbonyl (C=O) groups excluding carboxylic acids is 1. The molecule has 5 heteroatoms. The van der Waals surface area contributed by atoms with Crippen LogP contribution in [0, 0.1) is 0 Å². The van der Waals surface area contributed by atoms with Gasteiger partial charge in [-0.3, -0.25) is 4.79 Å². The van der Waals surface area contributed by atoms with Gasteiger partial charge in [0.2, 0.25) is 0 Å². The molecule has 5 nitrogen and oxygen atoms in total. The van der Waals surface area contributed by atoms with Crippen LogP contribution in [0.15, 0.2) is 0 Å². The van der Waals surface area contributed by atoms with E-state index in [1.807, 2.05) is 6.92 Å². The van der Waals surface area contributed by atoms with Gasteiger partial charge in [-0.2, -0.15) is 0 Å². The molecule has 0 aromatic carbocycles. The van der Waals surface area contributed by atoms with Gasteiger partial charge in [0.05, 0.1) is 6.10 Å². The highest BCUT2D eigenvalue weighted by Crippen LogP contribution is 2.15. The van der Waals surface area contributed by atoms with E-state index in [2.05, 4.69) is 5.32 Å². The second kappa shape index (κ2) is 7.71. The van der Waals surface area contributed by atoms with Crippen molar-refractivity contribution < 1.29 is 19.7 Å². The Morgan fingerprint density at radius 2 is 2.22 bits per heavy atom. The normalized spacial score (nSPS) is 24.6. The summed E-state index contributed by atoms with van der Waals surface area (Å²) in [4.78, 5) is 11.9. The third kappa shape index (κ3) is 4.55. The summed E-state index contributed by atoms with van der Waals surface area (Å²) in [6.45, 7) is 4.37. The summed E-state index contributed by atoms with van der Waals surface area (Å²) in [5.41, 5.74) is 0. The molecule has 1 saturated heterocycles. The first-order valence-electron chi connectivity index (χ1n) is 6.86. The molecule has 0 radical (unpaired) electrons. The number of nitrogens with one attached hydrogen (secondary N) is 1. The van der Waals surface area contributed by atoms with Crippen molar-refractivity contribution >= 4 is 5.97 Å². The lowest BCUT2D eigenvalue weighted by atomic mass is 10.0. The Hall–Kier alpha value is -0.650. The highest BCUT2D eigenvalue weighted by molar-refractivity contribution is 5.76. The Kier molecular flexibility index (Phi) is 6.60. The smallest absolute Gasteiger partial charge is 0.323 e. The van der Waals surface area contributed by atoms with Crippen LogP contribution in [0.1, 0.15) is 46.0 Å². The third-order valence-corrected chi connectivity index (χ3v) is 3.33. The molecule has 0 saturated carbocycles. The molecule has 4 atom stereocenters. The predicted molar refractivity (Wildman–Crippen MR) is 68.1 cm³/mol. The van der Waals surface area contributed by atoms with E-state index in [9.17, 15) is 15.0 Å². The van der Waals surface area contributed by atoms with Gasteiger partial charge in [-0.15, -0.1) is 0 Å². The van der Waals surface area contributed by atoms with Crippen LogP contribution in [0.5, 0.6) is 0 Å². The molecule has 0 spiro atoms. The van der Waals surface area contributed by atoms with Gasteiger partial charge < -0.3 is 20.3 Å². The summed E-state index contributed by atoms with van der Waals surface area (Å²) in [6.07, 6.45) is 1.64. The fourth-order valence-electron chi connectivity index (χ4n) is 2.13. The maximum atomic E-state index is 11.9. The van der Waals surface area contributed by atoms with Crippen LogP contribution in [0.4, 0.5) is 0 Å². The van der Waals surface area contributed by atoms with E-state index < -0.39 is 18.3 Å². The first-order valence-corrected chi connectivity index (χ1v) is 6.86. The molecule has 0 aromatic heterocycles. The summed E-state index contributed by atoms with van der Waals surface area (Å²) in [7, 11) is 0. The minimum atomic E-state index is -1.01. The Morgan fingerprint density at radius 1 is 1.50 bits per heavy atom. The molecular formula is C13H25NO4. The molecule has 1 aliphatic rings. The maximum Gasteiger partial charge on any atom is 0.323 e. The number of carbonyl (C=O) groups is 1. The summed E-state index contributed by atoms with van der Waals surface area (Å²) in [5, 5.41) is 22.3. The van der Waals surface area contributed by atoms with Crippen molar-refractivity contribution in [3.63, 3.8) is 0 Å². The minimum Gasteiger partial charge on any atom is -0.458 e. The van der Waals surface area contributed by atoms with E-state index in [0.29, 0.717) is 6.42 Å². The van der Waals surface area contributed by atoms with Gasteiger partial charge in [0.1, 0.15) is 18.2 Å². The molecule has 1 heterocycles. The van der Waals surface area contributed by atoms with E-state index in [4.69, 9.17) is 4.74 Å². The van der Waals surface area contributed by atoms with Crippen LogP contribution in [0.2, 0.25) is 0 Å². The second-order valence-electron chi connectivity index (χ2n) is 5.00. The number of unbranched alkanes of at least 4 members (excludes halogenated alkanes) is 1. The molecule has 3 N–H and O–H groups in total. The number of rotatable bonds is 7. The average molecular weight is 259 g/mol. The lowest BCUT2D eigenvalue weighted by Gasteiger charge is -2.26. The first kappa shape index (κ1) is 15.4. The SMILES string of the molecule is CCCCC(OC(=O)[C@@H]1CCCN1)C(O)C(C)O. The zero-order chi connectivity index (χ0) is 13.5. The van der Waals surface area contributed by atoms with Crippen molar-refractivity contribution in [2.45, 2.75) is 70.3 Å². The summed E-state index contributed by atoms with van der Waals surface area (Å²) in [5.74, 6) is -0.312. The molecule has 1 fully saturated rings. The number of hydrogen-bond acceptors (Lipinski definition) is 5. The molecule has 0 amide bonds. The van der Waals surface area contributed by atoms with Crippen molar-refractivity contribution in [1.29, 1.82) is 0 Å². The molecule has 1 aliphatic heterocycles. The van der Waals surface area contributed by atoms with E-state index in [0.717, 1.165) is 32.2 Å². The number of esters is 1. The van der Waals surface area contributed by atoms with Gasteiger partial charge >= 0.3 is 5.97 Å². The minimum absolute atomic E-state index is 0.254. The predicted octanol–water partition coefficient (Wildman–Crippen LogP) is 0.582. The number of aliphatic hydroxyl groups is 2. The quantitative estimate of drug-likeness (QED) is 0.583. The molecule has 0 aliphatic carbocycles. The van der Waals surface area contributed by atoms with Gasteiger partial charge in [-0.05, 0) is 39.2 Å². The van der Waals surface area contributed by atoms with Gasteiger partial charge in [0.15, 0.2) is 0 Å². The second-order valence-corrected chi connectivity index (χ2v) is 5.00. The van der Waals surface area contributed by atoms with Crippen LogP contribution in [-0.2, 0) is 9.53 Å². The lowest BCUT2D eigenvalue weighted by molar-refractivity contribution is -0.162. The molecule has 106 valence electrons. The largest absolute Gasteiger partial charge is 0.458 e. The molecule has 3 unspecified atom stereocenters. The van der Waals surface area contributed by atoms with Crippen molar-refractivity contribution in [2.24, 2.45) is 0 Å². The number of ether oxygens (including phenoxy) is 1. The molecule has 18 heavy (non-hydrogen) atoms. The van der Waals surface area contributed by atoms with Crippen LogP contribution in [0.25, 0.3) is 0 Å². The van der Waals surface area contributed by atoms with Gasteiger partial charge in [0.25, 0.3) is 0 Å². The monoisotopic (exact) mass is 259 g/mol. The first-order chi connectivity index (χ1) is 8.56. The molecular weight excluding hydrogens is 234 g/mol. The fraction of sp³-hybridized carbons (Fsp3) is 0.923. The van der Waals surface area contributed by atoms with Gasteiger partial charge in [-0.1, -0.05) is 13.3 Å². The molecule has 1 rings (SSSR count). The number of hydrogen-bond donors (Lipinski definition) is 3. The molecule has 0 bridgehead atoms. The topological polar surface area (TPSA) is 78.8 Å². The maximum absolute atomic E-state index is 11.9. The van der Waals surface area contributed by atoms with E-state index >= 15 is 0 Å². The van der Waals surface area contributed by atoms with Crippen LogP contribution >= 0.6 is 0 Å². The highest BCUT2D eigenvalue weighted by Gasteiger charge is 2.30. The van der Waals surface area contributed by atoms with Crippen LogP contribution < -0.4 is 5.32 Å². The number of aliphatic hydroxyl groups excluding tert-OH is 2. The standard InChI is InChI=1S/C13H25NO4/c1-3-4-7-11(12(16)9(2)15)18-13(17)10-6-5-8-14-10/h9-12,14-16H,3-8H2,1-2H3/t9?,10-,11?,12?/m0/s1. The summed E-state index contributed by atoms with van der Waals surface area (Å²) in [6, 6.07) is -0.254. The Morgan fingerprint density at radius 3 is 2.72 bits per heavy atom. The molecule has 0 aromatic rings. The van der Waals surface area contributed by atoms with Crippen LogP contribution in [0.3, 0.4) is 0 Å². The van der Waals surface area contributed by atoms with Gasteiger partial charge in [0, 0.05) is 0 Å². The zero-order valence-corrected chi connectivity index (χ0v) is 11.3. The van der Waals surface area contributed by atoms with E-state index in [1.54, 1.807) is 0 Å². The lowest BCUT2D eigenvalue weighted by Crippen LogP contribution is -2.42.